The van der Waals surface area contributed by atoms with Gasteiger partial charge in [-0.3, -0.25) is 5.41 Å². The van der Waals surface area contributed by atoms with Crippen LogP contribution in [0.1, 0.15) is 0 Å². The van der Waals surface area contributed by atoms with Gasteiger partial charge in [-0.2, -0.15) is 15.8 Å². The lowest BCUT2D eigenvalue weighted by Gasteiger charge is -2.00. The van der Waals surface area contributed by atoms with Crippen molar-refractivity contribution < 1.29 is 0 Å². The van der Waals surface area contributed by atoms with Crippen LogP contribution in [0.25, 0.3) is 0 Å². The largest absolute Gasteiger partial charge is 0.385 e. The SMILES string of the molecule is CNC(C(=C=N)C#N)=C(C#N)C#N. The second-order valence-corrected chi connectivity index (χ2v) is 1.84. The van der Waals surface area contributed by atoms with Gasteiger partial charge >= 0.3 is 0 Å². The van der Waals surface area contributed by atoms with Crippen molar-refractivity contribution in [3.05, 3.63) is 16.8 Å². The van der Waals surface area contributed by atoms with Crippen molar-refractivity contribution in [2.75, 3.05) is 7.05 Å². The first kappa shape index (κ1) is 10.5. The number of nitrogens with zero attached hydrogens (tertiary/aromatic N) is 3. The van der Waals surface area contributed by atoms with Gasteiger partial charge in [0.25, 0.3) is 0 Å². The molecule has 0 aliphatic carbocycles. The zero-order valence-corrected chi connectivity index (χ0v) is 6.84. The normalized spacial score (nSPS) is 6.62. The molecule has 0 amide bonds. The van der Waals surface area contributed by atoms with Crippen LogP contribution in [-0.2, 0) is 0 Å². The predicted molar refractivity (Wildman–Crippen MR) is 44.2 cm³/mol. The Morgan fingerprint density at radius 1 is 1.15 bits per heavy atom. The Kier molecular flexibility index (Phi) is 4.15. The highest BCUT2D eigenvalue weighted by Gasteiger charge is 2.09. The van der Waals surface area contributed by atoms with Gasteiger partial charge in [0.2, 0.25) is 0 Å². The van der Waals surface area contributed by atoms with E-state index in [1.807, 2.05) is 5.87 Å². The fourth-order valence-corrected chi connectivity index (χ4v) is 0.658. The summed E-state index contributed by atoms with van der Waals surface area (Å²) in [5.74, 6) is 1.83. The van der Waals surface area contributed by atoms with Gasteiger partial charge in [0, 0.05) is 7.05 Å². The van der Waals surface area contributed by atoms with Crippen LogP contribution in [0.5, 0.6) is 0 Å². The fraction of sp³-hybridized carbons (Fsp3) is 0.125. The van der Waals surface area contributed by atoms with Gasteiger partial charge in [0.1, 0.15) is 23.8 Å². The molecule has 0 aromatic carbocycles. The molecule has 0 atom stereocenters. The Morgan fingerprint density at radius 3 is 1.92 bits per heavy atom. The lowest BCUT2D eigenvalue weighted by molar-refractivity contribution is 1.01. The van der Waals surface area contributed by atoms with Gasteiger partial charge in [-0.15, -0.1) is 0 Å². The second kappa shape index (κ2) is 5.16. The number of likely N-dealkylation sites (N-methyl/N-ethyl adjacent to an activating group) is 1. The first-order chi connectivity index (χ1) is 6.24. The van der Waals surface area contributed by atoms with Gasteiger partial charge < -0.3 is 5.32 Å². The summed E-state index contributed by atoms with van der Waals surface area (Å²) in [4.78, 5) is 0. The van der Waals surface area contributed by atoms with Crippen molar-refractivity contribution in [1.29, 1.82) is 21.2 Å². The van der Waals surface area contributed by atoms with E-state index in [-0.39, 0.29) is 16.8 Å². The molecule has 0 rings (SSSR count). The van der Waals surface area contributed by atoms with Crippen molar-refractivity contribution in [1.82, 2.24) is 5.32 Å². The first-order valence-electron chi connectivity index (χ1n) is 3.17. The molecule has 0 radical (unpaired) electrons. The van der Waals surface area contributed by atoms with Gasteiger partial charge in [-0.25, -0.2) is 0 Å². The van der Waals surface area contributed by atoms with E-state index in [4.69, 9.17) is 21.2 Å². The third-order valence-corrected chi connectivity index (χ3v) is 1.21. The van der Waals surface area contributed by atoms with Crippen LogP contribution in [0.3, 0.4) is 0 Å². The van der Waals surface area contributed by atoms with Crippen molar-refractivity contribution >= 4 is 5.87 Å². The Labute approximate surface area is 75.3 Å². The van der Waals surface area contributed by atoms with E-state index >= 15 is 0 Å². The molecule has 0 fully saturated rings. The minimum atomic E-state index is -0.237. The molecular formula is C8H5N5. The van der Waals surface area contributed by atoms with E-state index in [1.165, 1.54) is 7.05 Å². The maximum atomic E-state index is 8.50. The highest BCUT2D eigenvalue weighted by molar-refractivity contribution is 5.70. The van der Waals surface area contributed by atoms with E-state index in [1.54, 1.807) is 18.2 Å². The topological polar surface area (TPSA) is 107 Å². The minimum absolute atomic E-state index is 0.0301. The molecule has 0 saturated carbocycles. The maximum Gasteiger partial charge on any atom is 0.154 e. The van der Waals surface area contributed by atoms with Crippen LogP contribution in [-0.4, -0.2) is 12.9 Å². The summed E-state index contributed by atoms with van der Waals surface area (Å²) in [5.41, 5.74) is -0.373. The zero-order valence-electron chi connectivity index (χ0n) is 6.84. The molecule has 5 heteroatoms. The molecule has 0 bridgehead atoms. The minimum Gasteiger partial charge on any atom is -0.385 e. The number of nitrogens with one attached hydrogen (secondary N) is 2. The Balaban J connectivity index is 5.56. The Morgan fingerprint density at radius 2 is 1.69 bits per heavy atom. The molecule has 2 N–H and O–H groups in total. The van der Waals surface area contributed by atoms with Crippen molar-refractivity contribution in [3.8, 4) is 18.2 Å². The maximum absolute atomic E-state index is 8.50. The molecule has 0 aromatic heterocycles. The molecule has 0 saturated heterocycles. The number of rotatable bonds is 2. The summed E-state index contributed by atoms with van der Waals surface area (Å²) in [6.45, 7) is 0. The van der Waals surface area contributed by atoms with E-state index in [9.17, 15) is 0 Å². The van der Waals surface area contributed by atoms with Crippen LogP contribution in [0.4, 0.5) is 0 Å². The number of hydrogen-bond donors (Lipinski definition) is 2. The molecule has 0 unspecified atom stereocenters. The quantitative estimate of drug-likeness (QED) is 0.351. The Hall–Kier alpha value is -2.54. The van der Waals surface area contributed by atoms with Crippen LogP contribution in [0.2, 0.25) is 0 Å². The molecule has 13 heavy (non-hydrogen) atoms. The lowest BCUT2D eigenvalue weighted by atomic mass is 10.1. The fourth-order valence-electron chi connectivity index (χ4n) is 0.658. The number of nitriles is 3. The lowest BCUT2D eigenvalue weighted by Crippen LogP contribution is -2.10. The third-order valence-electron chi connectivity index (χ3n) is 1.21. The summed E-state index contributed by atoms with van der Waals surface area (Å²) in [6.07, 6.45) is 0. The molecule has 0 aromatic rings. The number of hydrogen-bond acceptors (Lipinski definition) is 5. The molecule has 0 aliphatic heterocycles. The van der Waals surface area contributed by atoms with Crippen LogP contribution in [0, 0.1) is 39.4 Å². The second-order valence-electron chi connectivity index (χ2n) is 1.84. The highest BCUT2D eigenvalue weighted by Crippen LogP contribution is 2.06. The number of allylic oxidation sites excluding steroid dienone is 2. The van der Waals surface area contributed by atoms with E-state index in [0.29, 0.717) is 0 Å². The molecule has 0 spiro atoms. The van der Waals surface area contributed by atoms with E-state index < -0.39 is 0 Å². The standard InChI is InChI=1S/C8H5N5/c1-13-8(6(2-9)3-10)7(4-11)5-12/h9,13H,1H3. The van der Waals surface area contributed by atoms with Crippen LogP contribution >= 0.6 is 0 Å². The van der Waals surface area contributed by atoms with Gasteiger partial charge in [-0.05, 0) is 5.87 Å². The van der Waals surface area contributed by atoms with E-state index in [0.717, 1.165) is 0 Å². The molecule has 0 heterocycles. The molecule has 5 nitrogen and oxygen atoms in total. The van der Waals surface area contributed by atoms with Gasteiger partial charge in [-0.1, -0.05) is 0 Å². The zero-order chi connectivity index (χ0) is 10.3. The van der Waals surface area contributed by atoms with Gasteiger partial charge in [0.15, 0.2) is 5.57 Å². The summed E-state index contributed by atoms with van der Waals surface area (Å²) < 4.78 is 0. The summed E-state index contributed by atoms with van der Waals surface area (Å²) >= 11 is 0. The highest BCUT2D eigenvalue weighted by atomic mass is 14.8. The Bertz CT molecular complexity index is 387. The van der Waals surface area contributed by atoms with Crippen molar-refractivity contribution in [2.24, 2.45) is 0 Å². The van der Waals surface area contributed by atoms with E-state index in [2.05, 4.69) is 5.32 Å². The monoisotopic (exact) mass is 171 g/mol. The third kappa shape index (κ3) is 2.20. The molecule has 0 aliphatic rings. The van der Waals surface area contributed by atoms with Crippen LogP contribution in [0.15, 0.2) is 16.8 Å². The van der Waals surface area contributed by atoms with Crippen molar-refractivity contribution in [3.63, 3.8) is 0 Å². The van der Waals surface area contributed by atoms with Gasteiger partial charge in [0.05, 0.1) is 5.70 Å². The summed E-state index contributed by atoms with van der Waals surface area (Å²) in [7, 11) is 1.46. The predicted octanol–water partition coefficient (Wildman–Crippen LogP) is 0.206. The summed E-state index contributed by atoms with van der Waals surface area (Å²) in [6, 6.07) is 4.87. The molecule has 62 valence electrons. The first-order valence-corrected chi connectivity index (χ1v) is 3.17. The average Bonchev–Trinajstić information content (AvgIpc) is 2.18. The van der Waals surface area contributed by atoms with Crippen LogP contribution < -0.4 is 5.32 Å². The average molecular weight is 171 g/mol. The molecular weight excluding hydrogens is 166 g/mol. The van der Waals surface area contributed by atoms with Crippen molar-refractivity contribution in [2.45, 2.75) is 0 Å². The smallest absolute Gasteiger partial charge is 0.154 e. The summed E-state index contributed by atoms with van der Waals surface area (Å²) in [5, 5.41) is 34.7.